The molecule has 0 aliphatic heterocycles. The van der Waals surface area contributed by atoms with E-state index in [9.17, 15) is 9.90 Å². The Morgan fingerprint density at radius 1 is 1.00 bits per heavy atom. The van der Waals surface area contributed by atoms with E-state index in [4.69, 9.17) is 0 Å². The van der Waals surface area contributed by atoms with Crippen LogP contribution in [0.2, 0.25) is 0 Å². The molecule has 2 aromatic carbocycles. The zero-order valence-electron chi connectivity index (χ0n) is 10.3. The van der Waals surface area contributed by atoms with Crippen molar-refractivity contribution in [1.29, 1.82) is 0 Å². The predicted octanol–water partition coefficient (Wildman–Crippen LogP) is 0.130. The van der Waals surface area contributed by atoms with Crippen molar-refractivity contribution >= 4 is 5.97 Å². The highest BCUT2D eigenvalue weighted by molar-refractivity contribution is 5.87. The molecule has 0 saturated carbocycles. The molecule has 0 spiro atoms. The summed E-state index contributed by atoms with van der Waals surface area (Å²) in [6.45, 7) is 3.97. The van der Waals surface area contributed by atoms with Gasteiger partial charge in [-0.05, 0) is 43.7 Å². The smallest absolute Gasteiger partial charge is 0.358 e. The first-order valence-corrected chi connectivity index (χ1v) is 7.77. The van der Waals surface area contributed by atoms with Gasteiger partial charge in [0.2, 0.25) is 3.57 Å². The molecule has 0 aromatic heterocycles. The Labute approximate surface area is 117 Å². The molecular formula is C15H14IO2+. The average molecular weight is 353 g/mol. The van der Waals surface area contributed by atoms with Gasteiger partial charge in [-0.2, -0.15) is 0 Å². The zero-order chi connectivity index (χ0) is 13.1. The van der Waals surface area contributed by atoms with Gasteiger partial charge < -0.3 is 5.11 Å². The van der Waals surface area contributed by atoms with E-state index in [0.29, 0.717) is 5.56 Å². The number of hydrogen-bond donors (Lipinski definition) is 1. The van der Waals surface area contributed by atoms with E-state index in [1.165, 1.54) is 9.13 Å². The van der Waals surface area contributed by atoms with Crippen molar-refractivity contribution in [3.63, 3.8) is 0 Å². The first-order valence-electron chi connectivity index (χ1n) is 5.62. The van der Waals surface area contributed by atoms with Gasteiger partial charge >= 0.3 is 27.2 Å². The number of hydrogen-bond acceptors (Lipinski definition) is 1. The van der Waals surface area contributed by atoms with Crippen LogP contribution in [0, 0.1) is 21.0 Å². The van der Waals surface area contributed by atoms with Gasteiger partial charge in [0, 0.05) is 0 Å². The number of carbonyl (C=O) groups is 1. The highest BCUT2D eigenvalue weighted by Gasteiger charge is 2.23. The molecule has 0 heterocycles. The van der Waals surface area contributed by atoms with Crippen molar-refractivity contribution in [3.8, 4) is 0 Å². The van der Waals surface area contributed by atoms with Gasteiger partial charge in [0.1, 0.15) is 5.56 Å². The lowest BCUT2D eigenvalue weighted by Gasteiger charge is -1.97. The lowest BCUT2D eigenvalue weighted by Crippen LogP contribution is -3.61. The van der Waals surface area contributed by atoms with Crippen molar-refractivity contribution in [3.05, 3.63) is 66.3 Å². The van der Waals surface area contributed by atoms with Crippen LogP contribution in [0.25, 0.3) is 0 Å². The molecule has 18 heavy (non-hydrogen) atoms. The monoisotopic (exact) mass is 353 g/mol. The predicted molar refractivity (Wildman–Crippen MR) is 66.7 cm³/mol. The van der Waals surface area contributed by atoms with Gasteiger partial charge in [0.05, 0.1) is 0 Å². The average Bonchev–Trinajstić information content (AvgIpc) is 2.34. The molecular weight excluding hydrogens is 339 g/mol. The minimum atomic E-state index is -0.833. The standard InChI is InChI=1S/C15H13IO2/c1-10-3-6-12(7-4-10)16-14-8-5-11(2)9-13(14)15(17)18/h3-9H,1-2H3/p+1. The summed E-state index contributed by atoms with van der Waals surface area (Å²) in [6, 6.07) is 14.0. The molecule has 0 radical (unpaired) electrons. The molecule has 92 valence electrons. The van der Waals surface area contributed by atoms with E-state index in [-0.39, 0.29) is 0 Å². The van der Waals surface area contributed by atoms with Crippen LogP contribution in [0.1, 0.15) is 21.5 Å². The van der Waals surface area contributed by atoms with Gasteiger partial charge in [-0.25, -0.2) is 4.79 Å². The maximum atomic E-state index is 11.2. The normalized spacial score (nSPS) is 10.3. The van der Waals surface area contributed by atoms with Crippen molar-refractivity contribution in [2.75, 3.05) is 0 Å². The summed E-state index contributed by atoms with van der Waals surface area (Å²) >= 11 is -0.433. The summed E-state index contributed by atoms with van der Waals surface area (Å²) in [5.74, 6) is -0.833. The highest BCUT2D eigenvalue weighted by atomic mass is 127. The zero-order valence-corrected chi connectivity index (χ0v) is 12.4. The Balaban J connectivity index is 2.34. The van der Waals surface area contributed by atoms with Crippen LogP contribution in [0.4, 0.5) is 0 Å². The number of aromatic carboxylic acids is 1. The van der Waals surface area contributed by atoms with Crippen LogP contribution in [0.3, 0.4) is 0 Å². The van der Waals surface area contributed by atoms with E-state index in [1.807, 2.05) is 19.1 Å². The van der Waals surface area contributed by atoms with Gasteiger partial charge in [0.25, 0.3) is 0 Å². The summed E-state index contributed by atoms with van der Waals surface area (Å²) in [6.07, 6.45) is 0. The molecule has 0 saturated heterocycles. The number of carboxylic acids is 1. The van der Waals surface area contributed by atoms with E-state index in [1.54, 1.807) is 6.07 Å². The molecule has 2 nitrogen and oxygen atoms in total. The van der Waals surface area contributed by atoms with Gasteiger partial charge in [0.15, 0.2) is 3.57 Å². The molecule has 0 unspecified atom stereocenters. The SMILES string of the molecule is Cc1ccc([I+]c2ccc(C)cc2C(=O)O)cc1. The Kier molecular flexibility index (Phi) is 4.01. The molecule has 0 aliphatic carbocycles. The van der Waals surface area contributed by atoms with Crippen molar-refractivity contribution in [2.24, 2.45) is 0 Å². The van der Waals surface area contributed by atoms with Crippen LogP contribution < -0.4 is 21.2 Å². The van der Waals surface area contributed by atoms with Crippen LogP contribution in [-0.4, -0.2) is 11.1 Å². The topological polar surface area (TPSA) is 37.3 Å². The maximum Gasteiger partial charge on any atom is 0.358 e. The van der Waals surface area contributed by atoms with E-state index in [2.05, 4.69) is 31.2 Å². The third-order valence-corrected chi connectivity index (χ3v) is 5.44. The summed E-state index contributed by atoms with van der Waals surface area (Å²) in [7, 11) is 0. The molecule has 0 amide bonds. The molecule has 0 atom stereocenters. The number of carboxylic acid groups (broad SMARTS) is 1. The number of rotatable bonds is 3. The third-order valence-electron chi connectivity index (χ3n) is 2.57. The maximum absolute atomic E-state index is 11.2. The second-order valence-electron chi connectivity index (χ2n) is 4.18. The fourth-order valence-electron chi connectivity index (χ4n) is 1.60. The minimum Gasteiger partial charge on any atom is -0.478 e. The van der Waals surface area contributed by atoms with Crippen molar-refractivity contribution < 1.29 is 31.1 Å². The second-order valence-corrected chi connectivity index (χ2v) is 7.13. The molecule has 1 N–H and O–H groups in total. The Morgan fingerprint density at radius 2 is 1.61 bits per heavy atom. The lowest BCUT2D eigenvalue weighted by molar-refractivity contribution is -0.597. The van der Waals surface area contributed by atoms with Gasteiger partial charge in [-0.1, -0.05) is 23.8 Å². The summed E-state index contributed by atoms with van der Waals surface area (Å²) in [5.41, 5.74) is 2.66. The Morgan fingerprint density at radius 3 is 2.22 bits per heavy atom. The fraction of sp³-hybridized carbons (Fsp3) is 0.133. The Bertz CT molecular complexity index is 574. The van der Waals surface area contributed by atoms with Crippen LogP contribution in [-0.2, 0) is 0 Å². The molecule has 2 aromatic rings. The molecule has 0 aliphatic rings. The number of aryl methyl sites for hydroxylation is 2. The molecule has 0 fully saturated rings. The third kappa shape index (κ3) is 3.10. The minimum absolute atomic E-state index is 0.433. The van der Waals surface area contributed by atoms with Crippen molar-refractivity contribution in [1.82, 2.24) is 0 Å². The van der Waals surface area contributed by atoms with Crippen LogP contribution in [0.5, 0.6) is 0 Å². The fourth-order valence-corrected chi connectivity index (χ4v) is 4.03. The number of benzene rings is 2. The second kappa shape index (κ2) is 5.52. The first kappa shape index (κ1) is 13.1. The lowest BCUT2D eigenvalue weighted by atomic mass is 10.1. The summed E-state index contributed by atoms with van der Waals surface area (Å²) in [5, 5.41) is 9.23. The van der Waals surface area contributed by atoms with Gasteiger partial charge in [-0.3, -0.25) is 0 Å². The first-order chi connectivity index (χ1) is 8.56. The van der Waals surface area contributed by atoms with E-state index >= 15 is 0 Å². The van der Waals surface area contributed by atoms with E-state index < -0.39 is 27.2 Å². The molecule has 2 rings (SSSR count). The van der Waals surface area contributed by atoms with E-state index in [0.717, 1.165) is 9.13 Å². The molecule has 3 heteroatoms. The highest BCUT2D eigenvalue weighted by Crippen LogP contribution is 2.04. The largest absolute Gasteiger partial charge is 0.478 e. The summed E-state index contributed by atoms with van der Waals surface area (Å²) < 4.78 is 2.21. The summed E-state index contributed by atoms with van der Waals surface area (Å²) in [4.78, 5) is 11.2. The van der Waals surface area contributed by atoms with Crippen LogP contribution >= 0.6 is 0 Å². The quantitative estimate of drug-likeness (QED) is 0.797. The Hall–Kier alpha value is -1.36. The van der Waals surface area contributed by atoms with Gasteiger partial charge in [-0.15, -0.1) is 0 Å². The number of halogens is 1. The van der Waals surface area contributed by atoms with Crippen LogP contribution in [0.15, 0.2) is 42.5 Å². The van der Waals surface area contributed by atoms with Crippen molar-refractivity contribution in [2.45, 2.75) is 13.8 Å². The molecule has 0 bridgehead atoms.